The first kappa shape index (κ1) is 10.6. The zero-order chi connectivity index (χ0) is 11.8. The number of pyridine rings is 1. The molecule has 0 unspecified atom stereocenters. The molecule has 1 aromatic heterocycles. The number of thioether (sulfide) groups is 1. The van der Waals surface area contributed by atoms with Gasteiger partial charge in [-0.25, -0.2) is 0 Å². The molecule has 0 spiro atoms. The average molecular weight is 249 g/mol. The van der Waals surface area contributed by atoms with Gasteiger partial charge in [0.25, 0.3) is 11.9 Å². The van der Waals surface area contributed by atoms with Crippen molar-refractivity contribution < 1.29 is 9.53 Å². The summed E-state index contributed by atoms with van der Waals surface area (Å²) < 4.78 is 5.39. The highest BCUT2D eigenvalue weighted by atomic mass is 32.2. The molecule has 0 bridgehead atoms. The first-order valence-corrected chi connectivity index (χ1v) is 6.49. The molecule has 0 radical (unpaired) electrons. The zero-order valence-corrected chi connectivity index (χ0v) is 9.81. The van der Waals surface area contributed by atoms with Crippen LogP contribution in [0.3, 0.4) is 0 Å². The quantitative estimate of drug-likeness (QED) is 0.805. The highest BCUT2D eigenvalue weighted by Gasteiger charge is 2.46. The van der Waals surface area contributed by atoms with Crippen molar-refractivity contribution in [2.45, 2.75) is 12.1 Å². The van der Waals surface area contributed by atoms with Crippen molar-refractivity contribution in [1.29, 1.82) is 5.41 Å². The maximum absolute atomic E-state index is 12.3. The van der Waals surface area contributed by atoms with Gasteiger partial charge in [-0.05, 0) is 12.1 Å². The van der Waals surface area contributed by atoms with Gasteiger partial charge in [-0.1, -0.05) is 0 Å². The standard InChI is InChI=1S/C11H11N3O2S/c12-11-14(8-5-17-6-9(8)16-11)10(15)7-2-1-3-13-4-7/h1-4,8-9,12H,5-6H2/t8-,9-/m0/s1. The lowest BCUT2D eigenvalue weighted by Crippen LogP contribution is -2.41. The molecule has 1 aromatic rings. The summed E-state index contributed by atoms with van der Waals surface area (Å²) in [5.41, 5.74) is 0.499. The van der Waals surface area contributed by atoms with E-state index in [0.717, 1.165) is 11.5 Å². The first-order chi connectivity index (χ1) is 8.27. The van der Waals surface area contributed by atoms with Gasteiger partial charge >= 0.3 is 0 Å². The van der Waals surface area contributed by atoms with Gasteiger partial charge < -0.3 is 4.74 Å². The summed E-state index contributed by atoms with van der Waals surface area (Å²) in [4.78, 5) is 17.6. The van der Waals surface area contributed by atoms with E-state index in [9.17, 15) is 4.79 Å². The third-order valence-corrected chi connectivity index (χ3v) is 4.08. The molecule has 1 N–H and O–H groups in total. The smallest absolute Gasteiger partial charge is 0.292 e. The molecule has 3 heterocycles. The summed E-state index contributed by atoms with van der Waals surface area (Å²) in [7, 11) is 0. The molecule has 2 fully saturated rings. The number of amides is 1. The van der Waals surface area contributed by atoms with Crippen molar-refractivity contribution in [3.05, 3.63) is 30.1 Å². The fourth-order valence-electron chi connectivity index (χ4n) is 2.10. The predicted octanol–water partition coefficient (Wildman–Crippen LogP) is 0.973. The van der Waals surface area contributed by atoms with Crippen molar-refractivity contribution in [2.75, 3.05) is 11.5 Å². The summed E-state index contributed by atoms with van der Waals surface area (Å²) in [5.74, 6) is 1.49. The fourth-order valence-corrected chi connectivity index (χ4v) is 3.36. The minimum atomic E-state index is -0.196. The molecule has 17 heavy (non-hydrogen) atoms. The fraction of sp³-hybridized carbons (Fsp3) is 0.364. The molecule has 5 nitrogen and oxygen atoms in total. The van der Waals surface area contributed by atoms with Gasteiger partial charge in [0.1, 0.15) is 6.10 Å². The maximum Gasteiger partial charge on any atom is 0.292 e. The minimum Gasteiger partial charge on any atom is -0.459 e. The number of nitrogens with zero attached hydrogens (tertiary/aromatic N) is 2. The lowest BCUT2D eigenvalue weighted by molar-refractivity contribution is 0.0823. The Morgan fingerprint density at radius 1 is 1.59 bits per heavy atom. The van der Waals surface area contributed by atoms with Crippen LogP contribution in [0.2, 0.25) is 0 Å². The molecule has 6 heteroatoms. The van der Waals surface area contributed by atoms with Gasteiger partial charge in [-0.3, -0.25) is 20.1 Å². The summed E-state index contributed by atoms with van der Waals surface area (Å²) in [6, 6.07) is 3.39. The number of nitrogens with one attached hydrogen (secondary N) is 1. The van der Waals surface area contributed by atoms with Crippen molar-refractivity contribution >= 4 is 23.7 Å². The Morgan fingerprint density at radius 2 is 2.47 bits per heavy atom. The number of fused-ring (bicyclic) bond motifs is 1. The van der Waals surface area contributed by atoms with Crippen molar-refractivity contribution in [1.82, 2.24) is 9.88 Å². The summed E-state index contributed by atoms with van der Waals surface area (Å²) in [6.07, 6.45) is 3.12. The zero-order valence-electron chi connectivity index (χ0n) is 9.00. The third kappa shape index (κ3) is 1.68. The molecular weight excluding hydrogens is 238 g/mol. The molecule has 0 saturated carbocycles. The molecule has 3 rings (SSSR count). The molecule has 2 atom stereocenters. The van der Waals surface area contributed by atoms with E-state index in [2.05, 4.69) is 4.98 Å². The van der Waals surface area contributed by atoms with Crippen LogP contribution in [0.1, 0.15) is 10.4 Å². The monoisotopic (exact) mass is 249 g/mol. The molecule has 1 amide bonds. The Morgan fingerprint density at radius 3 is 3.24 bits per heavy atom. The van der Waals surface area contributed by atoms with E-state index in [1.807, 2.05) is 0 Å². The Bertz CT molecular complexity index is 465. The summed E-state index contributed by atoms with van der Waals surface area (Å²) in [5, 5.41) is 7.74. The number of carbonyl (C=O) groups is 1. The van der Waals surface area contributed by atoms with E-state index in [-0.39, 0.29) is 24.1 Å². The van der Waals surface area contributed by atoms with Crippen LogP contribution >= 0.6 is 11.8 Å². The SMILES string of the molecule is N=C1O[C@H]2CSC[C@@H]2N1C(=O)c1cccnc1. The lowest BCUT2D eigenvalue weighted by atomic mass is 10.2. The lowest BCUT2D eigenvalue weighted by Gasteiger charge is -2.18. The van der Waals surface area contributed by atoms with Crippen LogP contribution in [0, 0.1) is 5.41 Å². The van der Waals surface area contributed by atoms with Crippen LogP contribution in [0.4, 0.5) is 0 Å². The normalized spacial score (nSPS) is 26.8. The van der Waals surface area contributed by atoms with E-state index in [1.165, 1.54) is 11.1 Å². The number of ether oxygens (including phenoxy) is 1. The highest BCUT2D eigenvalue weighted by Crippen LogP contribution is 2.32. The number of rotatable bonds is 1. The Kier molecular flexibility index (Phi) is 2.51. The van der Waals surface area contributed by atoms with E-state index >= 15 is 0 Å². The second kappa shape index (κ2) is 4.03. The Labute approximate surface area is 103 Å². The number of amidine groups is 1. The number of hydrogen-bond donors (Lipinski definition) is 1. The molecule has 2 saturated heterocycles. The van der Waals surface area contributed by atoms with Crippen LogP contribution in [0.5, 0.6) is 0 Å². The van der Waals surface area contributed by atoms with Crippen molar-refractivity contribution in [3.63, 3.8) is 0 Å². The van der Waals surface area contributed by atoms with Gasteiger partial charge in [0, 0.05) is 23.9 Å². The van der Waals surface area contributed by atoms with E-state index in [0.29, 0.717) is 5.56 Å². The van der Waals surface area contributed by atoms with Gasteiger partial charge in [0.2, 0.25) is 0 Å². The first-order valence-electron chi connectivity index (χ1n) is 5.34. The summed E-state index contributed by atoms with van der Waals surface area (Å²) in [6.45, 7) is 0. The molecular formula is C11H11N3O2S. The van der Waals surface area contributed by atoms with Crippen LogP contribution in [0.15, 0.2) is 24.5 Å². The van der Waals surface area contributed by atoms with Crippen LogP contribution < -0.4 is 0 Å². The minimum absolute atomic E-state index is 0.000191. The number of carbonyl (C=O) groups excluding carboxylic acids is 1. The van der Waals surface area contributed by atoms with E-state index in [4.69, 9.17) is 10.1 Å². The maximum atomic E-state index is 12.3. The Balaban J connectivity index is 1.89. The second-order valence-corrected chi connectivity index (χ2v) is 5.06. The molecule has 0 aliphatic carbocycles. The van der Waals surface area contributed by atoms with Gasteiger partial charge in [0.15, 0.2) is 0 Å². The van der Waals surface area contributed by atoms with Crippen LogP contribution in [-0.2, 0) is 4.74 Å². The van der Waals surface area contributed by atoms with Crippen LogP contribution in [0.25, 0.3) is 0 Å². The molecule has 2 aliphatic heterocycles. The average Bonchev–Trinajstić information content (AvgIpc) is 2.89. The summed E-state index contributed by atoms with van der Waals surface area (Å²) >= 11 is 1.75. The van der Waals surface area contributed by atoms with Gasteiger partial charge in [-0.2, -0.15) is 11.8 Å². The third-order valence-electron chi connectivity index (χ3n) is 2.94. The predicted molar refractivity (Wildman–Crippen MR) is 64.1 cm³/mol. The molecule has 88 valence electrons. The van der Waals surface area contributed by atoms with Gasteiger partial charge in [-0.15, -0.1) is 0 Å². The van der Waals surface area contributed by atoms with Crippen molar-refractivity contribution in [2.24, 2.45) is 0 Å². The largest absolute Gasteiger partial charge is 0.459 e. The van der Waals surface area contributed by atoms with Crippen LogP contribution in [-0.4, -0.2) is 45.5 Å². The topological polar surface area (TPSA) is 66.3 Å². The van der Waals surface area contributed by atoms with Crippen molar-refractivity contribution in [3.8, 4) is 0 Å². The molecule has 0 aromatic carbocycles. The number of hydrogen-bond acceptors (Lipinski definition) is 5. The second-order valence-electron chi connectivity index (χ2n) is 3.98. The van der Waals surface area contributed by atoms with Gasteiger partial charge in [0.05, 0.1) is 11.6 Å². The Hall–Kier alpha value is -1.56. The van der Waals surface area contributed by atoms with E-state index < -0.39 is 0 Å². The van der Waals surface area contributed by atoms with E-state index in [1.54, 1.807) is 30.1 Å². The highest BCUT2D eigenvalue weighted by molar-refractivity contribution is 7.99. The molecule has 2 aliphatic rings. The number of aromatic nitrogens is 1.